The van der Waals surface area contributed by atoms with Crippen molar-refractivity contribution in [3.05, 3.63) is 0 Å². The Morgan fingerprint density at radius 1 is 1.71 bits per heavy atom. The molecule has 0 aromatic carbocycles. The van der Waals surface area contributed by atoms with Crippen LogP contribution in [0.2, 0.25) is 0 Å². The number of hydrogen-bond donors (Lipinski definition) is 1. The summed E-state index contributed by atoms with van der Waals surface area (Å²) < 4.78 is 1.15. The van der Waals surface area contributed by atoms with Crippen molar-refractivity contribution < 1.29 is 5.11 Å². The van der Waals surface area contributed by atoms with E-state index in [2.05, 4.69) is 29.5 Å². The maximum atomic E-state index is 8.46. The fraction of sp³-hybridized carbons (Fsp3) is 1.00. The van der Waals surface area contributed by atoms with Gasteiger partial charge in [-0.15, -0.1) is 0 Å². The number of alkyl halides is 1. The van der Waals surface area contributed by atoms with Crippen molar-refractivity contribution in [3.63, 3.8) is 0 Å². The molecule has 0 saturated carbocycles. The van der Waals surface area contributed by atoms with Crippen molar-refractivity contribution in [2.75, 3.05) is 11.0 Å². The molecule has 0 fully saturated rings. The molecule has 0 radical (unpaired) electrons. The second-order valence-corrected chi connectivity index (χ2v) is 2.84. The van der Waals surface area contributed by atoms with Gasteiger partial charge in [-0.25, -0.2) is 0 Å². The summed E-state index contributed by atoms with van der Waals surface area (Å²) in [5, 5.41) is 8.46. The molecule has 0 unspecified atom stereocenters. The minimum Gasteiger partial charge on any atom is -0.396 e. The Morgan fingerprint density at radius 2 is 2.29 bits per heavy atom. The zero-order chi connectivity index (χ0) is 5.70. The van der Waals surface area contributed by atoms with Gasteiger partial charge in [0.15, 0.2) is 0 Å². The van der Waals surface area contributed by atoms with Gasteiger partial charge >= 0.3 is 0 Å². The predicted octanol–water partition coefficient (Wildman–Crippen LogP) is 1.44. The van der Waals surface area contributed by atoms with E-state index in [4.69, 9.17) is 5.11 Å². The highest BCUT2D eigenvalue weighted by Crippen LogP contribution is 2.01. The van der Waals surface area contributed by atoms with Crippen LogP contribution < -0.4 is 0 Å². The Morgan fingerprint density at radius 3 is 2.43 bits per heavy atom. The first kappa shape index (κ1) is 7.69. The van der Waals surface area contributed by atoms with Crippen LogP contribution in [0.25, 0.3) is 0 Å². The van der Waals surface area contributed by atoms with E-state index in [0.29, 0.717) is 12.5 Å². The molecule has 1 nitrogen and oxygen atoms in total. The summed E-state index contributed by atoms with van der Waals surface area (Å²) in [5.41, 5.74) is 0. The molecule has 0 aliphatic carbocycles. The maximum Gasteiger partial charge on any atom is 0.0456 e. The van der Waals surface area contributed by atoms with E-state index in [1.165, 1.54) is 0 Å². The standard InChI is InChI=1S/C5H11IO/c1-5(4-7)2-3-6/h5,7H,2-4H2,1H3/t5-/m0/s1. The molecule has 2 heteroatoms. The molecule has 1 atom stereocenters. The Bertz CT molecular complexity index is 39.1. The van der Waals surface area contributed by atoms with Crippen molar-refractivity contribution >= 4 is 22.6 Å². The molecule has 0 aromatic rings. The van der Waals surface area contributed by atoms with Crippen LogP contribution in [0.15, 0.2) is 0 Å². The third-order valence-corrected chi connectivity index (χ3v) is 1.54. The predicted molar refractivity (Wildman–Crippen MR) is 39.8 cm³/mol. The highest BCUT2D eigenvalue weighted by atomic mass is 127. The smallest absolute Gasteiger partial charge is 0.0456 e. The van der Waals surface area contributed by atoms with Crippen molar-refractivity contribution in [2.45, 2.75) is 13.3 Å². The van der Waals surface area contributed by atoms with E-state index in [1.54, 1.807) is 0 Å². The van der Waals surface area contributed by atoms with Gasteiger partial charge in [-0.2, -0.15) is 0 Å². The minimum absolute atomic E-state index is 0.336. The molecule has 0 aliphatic rings. The van der Waals surface area contributed by atoms with Crippen LogP contribution in [0.4, 0.5) is 0 Å². The summed E-state index contributed by atoms with van der Waals surface area (Å²) in [6.45, 7) is 2.39. The molecule has 0 amide bonds. The zero-order valence-electron chi connectivity index (χ0n) is 4.52. The van der Waals surface area contributed by atoms with Gasteiger partial charge in [0.05, 0.1) is 0 Å². The number of aliphatic hydroxyl groups excluding tert-OH is 1. The molecular weight excluding hydrogens is 203 g/mol. The topological polar surface area (TPSA) is 20.2 Å². The van der Waals surface area contributed by atoms with Crippen LogP contribution in [-0.4, -0.2) is 16.1 Å². The Kier molecular flexibility index (Phi) is 5.32. The molecule has 44 valence electrons. The lowest BCUT2D eigenvalue weighted by molar-refractivity contribution is 0.235. The van der Waals surface area contributed by atoms with Crippen LogP contribution >= 0.6 is 22.6 Å². The monoisotopic (exact) mass is 214 g/mol. The quantitative estimate of drug-likeness (QED) is 0.556. The van der Waals surface area contributed by atoms with Gasteiger partial charge in [0.1, 0.15) is 0 Å². The van der Waals surface area contributed by atoms with Crippen LogP contribution in [0, 0.1) is 5.92 Å². The van der Waals surface area contributed by atoms with Crippen molar-refractivity contribution in [3.8, 4) is 0 Å². The normalized spacial score (nSPS) is 14.1. The summed E-state index contributed by atoms with van der Waals surface area (Å²) in [6, 6.07) is 0. The molecule has 0 spiro atoms. The molecule has 0 heterocycles. The molecule has 7 heavy (non-hydrogen) atoms. The lowest BCUT2D eigenvalue weighted by Crippen LogP contribution is -1.99. The Hall–Kier alpha value is 0.690. The molecule has 0 aliphatic heterocycles. The molecule has 0 rings (SSSR count). The Balaban J connectivity index is 2.83. The third kappa shape index (κ3) is 4.55. The van der Waals surface area contributed by atoms with Crippen LogP contribution in [-0.2, 0) is 0 Å². The van der Waals surface area contributed by atoms with Gasteiger partial charge in [-0.3, -0.25) is 0 Å². The molecule has 1 N–H and O–H groups in total. The van der Waals surface area contributed by atoms with E-state index >= 15 is 0 Å². The number of hydrogen-bond acceptors (Lipinski definition) is 1. The highest BCUT2D eigenvalue weighted by Gasteiger charge is 1.94. The van der Waals surface area contributed by atoms with Crippen LogP contribution in [0.1, 0.15) is 13.3 Å². The van der Waals surface area contributed by atoms with Gasteiger partial charge in [0, 0.05) is 6.61 Å². The largest absolute Gasteiger partial charge is 0.396 e. The SMILES string of the molecule is C[C@H](CO)CCI. The van der Waals surface area contributed by atoms with E-state index < -0.39 is 0 Å². The fourth-order valence-electron chi connectivity index (χ4n) is 0.278. The third-order valence-electron chi connectivity index (χ3n) is 0.914. The lowest BCUT2D eigenvalue weighted by Gasteiger charge is -2.01. The van der Waals surface area contributed by atoms with Gasteiger partial charge in [-0.05, 0) is 16.8 Å². The van der Waals surface area contributed by atoms with E-state index in [0.717, 1.165) is 10.8 Å². The molecule has 0 bridgehead atoms. The average Bonchev–Trinajstić information content (AvgIpc) is 1.68. The fourth-order valence-corrected chi connectivity index (χ4v) is 1.34. The van der Waals surface area contributed by atoms with Gasteiger partial charge in [0.25, 0.3) is 0 Å². The zero-order valence-corrected chi connectivity index (χ0v) is 6.68. The summed E-state index contributed by atoms with van der Waals surface area (Å²) in [6.07, 6.45) is 1.14. The van der Waals surface area contributed by atoms with Gasteiger partial charge in [0.2, 0.25) is 0 Å². The highest BCUT2D eigenvalue weighted by molar-refractivity contribution is 14.1. The summed E-state index contributed by atoms with van der Waals surface area (Å²) in [5.74, 6) is 0.497. The van der Waals surface area contributed by atoms with Gasteiger partial charge < -0.3 is 5.11 Å². The first-order valence-electron chi connectivity index (χ1n) is 2.48. The van der Waals surface area contributed by atoms with Crippen molar-refractivity contribution in [1.82, 2.24) is 0 Å². The first-order valence-corrected chi connectivity index (χ1v) is 4.00. The molecule has 0 aromatic heterocycles. The van der Waals surface area contributed by atoms with Crippen molar-refractivity contribution in [1.29, 1.82) is 0 Å². The minimum atomic E-state index is 0.336. The van der Waals surface area contributed by atoms with Crippen LogP contribution in [0.3, 0.4) is 0 Å². The summed E-state index contributed by atoms with van der Waals surface area (Å²) in [7, 11) is 0. The molecular formula is C5H11IO. The second-order valence-electron chi connectivity index (χ2n) is 1.77. The van der Waals surface area contributed by atoms with Gasteiger partial charge in [-0.1, -0.05) is 29.5 Å². The maximum absolute atomic E-state index is 8.46. The summed E-state index contributed by atoms with van der Waals surface area (Å²) in [4.78, 5) is 0. The average molecular weight is 214 g/mol. The Labute approximate surface area is 58.3 Å². The number of rotatable bonds is 3. The molecule has 0 saturated heterocycles. The second kappa shape index (κ2) is 4.84. The summed E-state index contributed by atoms with van der Waals surface area (Å²) >= 11 is 2.31. The van der Waals surface area contributed by atoms with Crippen LogP contribution in [0.5, 0.6) is 0 Å². The lowest BCUT2D eigenvalue weighted by atomic mass is 10.1. The number of halogens is 1. The van der Waals surface area contributed by atoms with Crippen molar-refractivity contribution in [2.24, 2.45) is 5.92 Å². The van der Waals surface area contributed by atoms with E-state index in [9.17, 15) is 0 Å². The first-order chi connectivity index (χ1) is 3.31. The van der Waals surface area contributed by atoms with E-state index in [1.807, 2.05) is 0 Å². The van der Waals surface area contributed by atoms with E-state index in [-0.39, 0.29) is 0 Å². The number of aliphatic hydroxyl groups is 1.